The van der Waals surface area contributed by atoms with E-state index in [0.29, 0.717) is 5.92 Å². The molecule has 0 radical (unpaired) electrons. The second kappa shape index (κ2) is 6.10. The molecule has 2 rings (SSSR count). The quantitative estimate of drug-likeness (QED) is 0.680. The first-order chi connectivity index (χ1) is 9.74. The van der Waals surface area contributed by atoms with Gasteiger partial charge in [0.25, 0.3) is 0 Å². The van der Waals surface area contributed by atoms with E-state index in [0.717, 1.165) is 0 Å². The SMILES string of the molecule is CCCCC1=CC([Si](C)(C)NC(C)(C)C)=C2C=CC=CC12. The molecule has 0 spiro atoms. The summed E-state index contributed by atoms with van der Waals surface area (Å²) in [7, 11) is -1.63. The number of rotatable bonds is 5. The lowest BCUT2D eigenvalue weighted by Gasteiger charge is -2.34. The molecule has 2 aliphatic carbocycles. The molecule has 2 aliphatic rings. The van der Waals surface area contributed by atoms with Crippen molar-refractivity contribution in [1.82, 2.24) is 4.98 Å². The fraction of sp³-hybridized carbons (Fsp3) is 0.579. The molecule has 0 saturated carbocycles. The predicted molar refractivity (Wildman–Crippen MR) is 96.8 cm³/mol. The summed E-state index contributed by atoms with van der Waals surface area (Å²) in [4.78, 5) is 3.93. The molecule has 116 valence electrons. The monoisotopic (exact) mass is 301 g/mol. The van der Waals surface area contributed by atoms with Gasteiger partial charge in [-0.1, -0.05) is 62.4 Å². The zero-order chi connectivity index (χ0) is 15.7. The van der Waals surface area contributed by atoms with E-state index < -0.39 is 8.24 Å². The first kappa shape index (κ1) is 16.5. The van der Waals surface area contributed by atoms with Crippen LogP contribution in [0.2, 0.25) is 13.1 Å². The van der Waals surface area contributed by atoms with Crippen LogP contribution in [0, 0.1) is 5.92 Å². The molecule has 0 fully saturated rings. The second-order valence-corrected chi connectivity index (χ2v) is 12.0. The summed E-state index contributed by atoms with van der Waals surface area (Å²) in [5.41, 5.74) is 3.35. The second-order valence-electron chi connectivity index (χ2n) is 7.91. The van der Waals surface area contributed by atoms with Gasteiger partial charge in [0.1, 0.15) is 0 Å². The predicted octanol–water partition coefficient (Wildman–Crippen LogP) is 5.29. The van der Waals surface area contributed by atoms with E-state index in [-0.39, 0.29) is 5.54 Å². The Morgan fingerprint density at radius 3 is 2.52 bits per heavy atom. The zero-order valence-electron chi connectivity index (χ0n) is 14.6. The lowest BCUT2D eigenvalue weighted by molar-refractivity contribution is 0.514. The summed E-state index contributed by atoms with van der Waals surface area (Å²) < 4.78 is 0. The Balaban J connectivity index is 2.33. The van der Waals surface area contributed by atoms with Crippen LogP contribution >= 0.6 is 0 Å². The van der Waals surface area contributed by atoms with Crippen molar-refractivity contribution in [3.63, 3.8) is 0 Å². The van der Waals surface area contributed by atoms with Crippen molar-refractivity contribution in [1.29, 1.82) is 0 Å². The minimum atomic E-state index is -1.63. The summed E-state index contributed by atoms with van der Waals surface area (Å²) >= 11 is 0. The maximum Gasteiger partial charge on any atom is 0.152 e. The van der Waals surface area contributed by atoms with E-state index in [1.165, 1.54) is 19.3 Å². The van der Waals surface area contributed by atoms with Gasteiger partial charge < -0.3 is 4.98 Å². The summed E-state index contributed by atoms with van der Waals surface area (Å²) in [5, 5.41) is 1.61. The summed E-state index contributed by atoms with van der Waals surface area (Å²) in [6.45, 7) is 14.0. The van der Waals surface area contributed by atoms with Crippen LogP contribution in [0.3, 0.4) is 0 Å². The molecule has 1 atom stereocenters. The highest BCUT2D eigenvalue weighted by molar-refractivity contribution is 6.83. The van der Waals surface area contributed by atoms with Gasteiger partial charge in [0, 0.05) is 11.5 Å². The van der Waals surface area contributed by atoms with Crippen molar-refractivity contribution in [2.45, 2.75) is 65.6 Å². The molecule has 0 aromatic heterocycles. The lowest BCUT2D eigenvalue weighted by Crippen LogP contribution is -2.55. The minimum absolute atomic E-state index is 0.174. The van der Waals surface area contributed by atoms with Crippen molar-refractivity contribution in [3.05, 3.63) is 46.7 Å². The van der Waals surface area contributed by atoms with Gasteiger partial charge in [-0.2, -0.15) is 0 Å². The molecular formula is C19H31NSi. The van der Waals surface area contributed by atoms with E-state index in [4.69, 9.17) is 0 Å². The number of hydrogen-bond acceptors (Lipinski definition) is 1. The number of hydrogen-bond donors (Lipinski definition) is 1. The maximum atomic E-state index is 3.93. The fourth-order valence-electron chi connectivity index (χ4n) is 3.64. The molecule has 1 unspecified atom stereocenters. The third-order valence-corrected chi connectivity index (χ3v) is 7.40. The number of nitrogens with one attached hydrogen (secondary N) is 1. The molecule has 1 nitrogen and oxygen atoms in total. The Bertz CT molecular complexity index is 512. The summed E-state index contributed by atoms with van der Waals surface area (Å²) in [6, 6.07) is 0. The molecule has 0 aromatic rings. The van der Waals surface area contributed by atoms with Gasteiger partial charge in [-0.3, -0.25) is 0 Å². The first-order valence-electron chi connectivity index (χ1n) is 8.34. The minimum Gasteiger partial charge on any atom is -0.329 e. The third kappa shape index (κ3) is 3.86. The van der Waals surface area contributed by atoms with Crippen LogP contribution in [-0.4, -0.2) is 13.8 Å². The van der Waals surface area contributed by atoms with Crippen molar-refractivity contribution >= 4 is 8.24 Å². The Hall–Kier alpha value is -0.863. The van der Waals surface area contributed by atoms with Gasteiger partial charge in [-0.05, 0) is 44.4 Å². The summed E-state index contributed by atoms with van der Waals surface area (Å²) in [6.07, 6.45) is 15.5. The third-order valence-electron chi connectivity index (χ3n) is 4.25. The summed E-state index contributed by atoms with van der Waals surface area (Å²) in [5.74, 6) is 0.546. The molecule has 0 heterocycles. The van der Waals surface area contributed by atoms with Crippen LogP contribution in [0.4, 0.5) is 0 Å². The Labute approximate surface area is 132 Å². The average Bonchev–Trinajstić information content (AvgIpc) is 2.73. The number of fused-ring (bicyclic) bond motifs is 1. The smallest absolute Gasteiger partial charge is 0.152 e. The largest absolute Gasteiger partial charge is 0.329 e. The van der Waals surface area contributed by atoms with Crippen LogP contribution in [0.1, 0.15) is 47.0 Å². The topological polar surface area (TPSA) is 12.0 Å². The van der Waals surface area contributed by atoms with Gasteiger partial charge in [0.05, 0.1) is 0 Å². The highest BCUT2D eigenvalue weighted by Gasteiger charge is 2.36. The van der Waals surface area contributed by atoms with Gasteiger partial charge >= 0.3 is 0 Å². The van der Waals surface area contributed by atoms with Crippen LogP contribution in [0.5, 0.6) is 0 Å². The van der Waals surface area contributed by atoms with E-state index in [1.807, 2.05) is 0 Å². The molecule has 2 heteroatoms. The Kier molecular flexibility index (Phi) is 4.79. The van der Waals surface area contributed by atoms with Crippen molar-refractivity contribution < 1.29 is 0 Å². The fourth-order valence-corrected chi connectivity index (χ4v) is 7.15. The molecule has 1 N–H and O–H groups in total. The lowest BCUT2D eigenvalue weighted by atomic mass is 9.89. The van der Waals surface area contributed by atoms with E-state index in [2.05, 4.69) is 76.2 Å². The molecule has 0 aromatic carbocycles. The molecule has 21 heavy (non-hydrogen) atoms. The maximum absolute atomic E-state index is 3.93. The van der Waals surface area contributed by atoms with Gasteiger partial charge in [-0.25, -0.2) is 0 Å². The van der Waals surface area contributed by atoms with Crippen LogP contribution < -0.4 is 4.98 Å². The van der Waals surface area contributed by atoms with Crippen molar-refractivity contribution in [3.8, 4) is 0 Å². The molecule has 0 bridgehead atoms. The number of allylic oxidation sites excluding steroid dienone is 8. The van der Waals surface area contributed by atoms with E-state index >= 15 is 0 Å². The van der Waals surface area contributed by atoms with Crippen LogP contribution in [0.15, 0.2) is 46.7 Å². The van der Waals surface area contributed by atoms with Crippen LogP contribution in [-0.2, 0) is 0 Å². The molecular weight excluding hydrogens is 270 g/mol. The number of unbranched alkanes of at least 4 members (excludes halogenated alkanes) is 1. The molecule has 0 saturated heterocycles. The van der Waals surface area contributed by atoms with Gasteiger partial charge in [0.15, 0.2) is 8.24 Å². The van der Waals surface area contributed by atoms with Gasteiger partial charge in [0.2, 0.25) is 0 Å². The highest BCUT2D eigenvalue weighted by atomic mass is 28.3. The van der Waals surface area contributed by atoms with E-state index in [9.17, 15) is 0 Å². The molecule has 0 amide bonds. The zero-order valence-corrected chi connectivity index (χ0v) is 15.6. The standard InChI is InChI=1S/C19H31NSi/c1-7-8-11-15-14-18(17-13-10-9-12-16(15)17)21(5,6)20-19(2,3)4/h9-10,12-14,16,20H,7-8,11H2,1-6H3. The normalized spacial score (nSPS) is 21.8. The van der Waals surface area contributed by atoms with Crippen molar-refractivity contribution in [2.24, 2.45) is 5.92 Å². The molecule has 0 aliphatic heterocycles. The Morgan fingerprint density at radius 1 is 1.19 bits per heavy atom. The van der Waals surface area contributed by atoms with E-state index in [1.54, 1.807) is 16.3 Å². The average molecular weight is 302 g/mol. The first-order valence-corrected chi connectivity index (χ1v) is 11.3. The van der Waals surface area contributed by atoms with Crippen molar-refractivity contribution in [2.75, 3.05) is 0 Å². The Morgan fingerprint density at radius 2 is 1.90 bits per heavy atom. The highest BCUT2D eigenvalue weighted by Crippen LogP contribution is 2.41. The van der Waals surface area contributed by atoms with Gasteiger partial charge in [-0.15, -0.1) is 0 Å². The van der Waals surface area contributed by atoms with Crippen LogP contribution in [0.25, 0.3) is 0 Å².